The number of nitrogen functional groups attached to an aromatic ring is 1. The number of aryl methyl sites for hydroxylation is 1. The van der Waals surface area contributed by atoms with E-state index in [0.29, 0.717) is 5.69 Å². The highest BCUT2D eigenvalue weighted by atomic mass is 16.2. The third-order valence-electron chi connectivity index (χ3n) is 2.29. The van der Waals surface area contributed by atoms with Gasteiger partial charge in [0, 0.05) is 5.39 Å². The predicted octanol–water partition coefficient (Wildman–Crippen LogP) is 1.15. The Bertz CT molecular complexity index is 522. The second-order valence-corrected chi connectivity index (χ2v) is 3.32. The van der Waals surface area contributed by atoms with Crippen LogP contribution in [0.2, 0.25) is 0 Å². The number of carbonyl (C=O) groups excluding carboxylic acids is 1. The standard InChI is InChI=1S/C11H11N3O/c1-7-6-10(11(15)14-12)13-9-5-3-2-4-8(7)9/h2-6H,12H2,1H3,(H,14,15). The lowest BCUT2D eigenvalue weighted by molar-refractivity contribution is 0.0949. The molecule has 3 N–H and O–H groups in total. The zero-order valence-electron chi connectivity index (χ0n) is 8.32. The molecule has 0 bridgehead atoms. The second-order valence-electron chi connectivity index (χ2n) is 3.32. The lowest BCUT2D eigenvalue weighted by atomic mass is 10.1. The van der Waals surface area contributed by atoms with E-state index in [0.717, 1.165) is 16.5 Å². The van der Waals surface area contributed by atoms with Gasteiger partial charge in [-0.05, 0) is 24.6 Å². The van der Waals surface area contributed by atoms with Crippen LogP contribution in [0.3, 0.4) is 0 Å². The molecule has 1 aromatic carbocycles. The largest absolute Gasteiger partial charge is 0.289 e. The molecule has 0 unspecified atom stereocenters. The van der Waals surface area contributed by atoms with Gasteiger partial charge in [0.25, 0.3) is 5.91 Å². The molecule has 0 fully saturated rings. The number of fused-ring (bicyclic) bond motifs is 1. The van der Waals surface area contributed by atoms with Gasteiger partial charge >= 0.3 is 0 Å². The quantitative estimate of drug-likeness (QED) is 0.413. The summed E-state index contributed by atoms with van der Waals surface area (Å²) in [4.78, 5) is 15.5. The minimum absolute atomic E-state index is 0.341. The number of amides is 1. The van der Waals surface area contributed by atoms with Crippen molar-refractivity contribution < 1.29 is 4.79 Å². The number of nitrogens with two attached hydrogens (primary N) is 1. The Morgan fingerprint density at radius 2 is 2.13 bits per heavy atom. The van der Waals surface area contributed by atoms with E-state index in [1.165, 1.54) is 0 Å². The number of benzene rings is 1. The van der Waals surface area contributed by atoms with E-state index in [4.69, 9.17) is 5.84 Å². The van der Waals surface area contributed by atoms with Crippen molar-refractivity contribution in [3.05, 3.63) is 41.6 Å². The van der Waals surface area contributed by atoms with Crippen molar-refractivity contribution in [3.63, 3.8) is 0 Å². The summed E-state index contributed by atoms with van der Waals surface area (Å²) >= 11 is 0. The molecular weight excluding hydrogens is 190 g/mol. The average Bonchev–Trinajstić information content (AvgIpc) is 2.28. The maximum Gasteiger partial charge on any atom is 0.283 e. The smallest absolute Gasteiger partial charge is 0.283 e. The van der Waals surface area contributed by atoms with Gasteiger partial charge in [0.05, 0.1) is 5.52 Å². The summed E-state index contributed by atoms with van der Waals surface area (Å²) in [5, 5.41) is 1.05. The highest BCUT2D eigenvalue weighted by Crippen LogP contribution is 2.16. The predicted molar refractivity (Wildman–Crippen MR) is 58.1 cm³/mol. The summed E-state index contributed by atoms with van der Waals surface area (Å²) in [5.41, 5.74) is 4.23. The highest BCUT2D eigenvalue weighted by molar-refractivity contribution is 5.95. The second kappa shape index (κ2) is 3.67. The molecule has 15 heavy (non-hydrogen) atoms. The van der Waals surface area contributed by atoms with E-state index < -0.39 is 0 Å². The number of hydrogen-bond acceptors (Lipinski definition) is 3. The van der Waals surface area contributed by atoms with Crippen LogP contribution in [0.15, 0.2) is 30.3 Å². The van der Waals surface area contributed by atoms with E-state index in [9.17, 15) is 4.79 Å². The molecule has 0 atom stereocenters. The molecule has 76 valence electrons. The normalized spacial score (nSPS) is 10.3. The van der Waals surface area contributed by atoms with Crippen LogP contribution in [0.5, 0.6) is 0 Å². The Labute approximate surface area is 87.1 Å². The van der Waals surface area contributed by atoms with Crippen LogP contribution >= 0.6 is 0 Å². The molecule has 2 aromatic rings. The maximum atomic E-state index is 11.3. The van der Waals surface area contributed by atoms with Crippen molar-refractivity contribution in [2.24, 2.45) is 5.84 Å². The van der Waals surface area contributed by atoms with Crippen LogP contribution in [0.25, 0.3) is 10.9 Å². The van der Waals surface area contributed by atoms with Crippen LogP contribution in [0.1, 0.15) is 16.1 Å². The van der Waals surface area contributed by atoms with Crippen LogP contribution in [0.4, 0.5) is 0 Å². The zero-order chi connectivity index (χ0) is 10.8. The van der Waals surface area contributed by atoms with Gasteiger partial charge in [-0.3, -0.25) is 10.2 Å². The number of aromatic nitrogens is 1. The van der Waals surface area contributed by atoms with Crippen LogP contribution in [-0.2, 0) is 0 Å². The first-order valence-electron chi connectivity index (χ1n) is 4.59. The number of pyridine rings is 1. The van der Waals surface area contributed by atoms with Gasteiger partial charge in [0.15, 0.2) is 0 Å². The fraction of sp³-hybridized carbons (Fsp3) is 0.0909. The summed E-state index contributed by atoms with van der Waals surface area (Å²) in [5.74, 6) is 4.69. The van der Waals surface area contributed by atoms with Crippen molar-refractivity contribution in [2.45, 2.75) is 6.92 Å². The summed E-state index contributed by atoms with van der Waals surface area (Å²) in [7, 11) is 0. The van der Waals surface area contributed by atoms with Gasteiger partial charge < -0.3 is 0 Å². The number of para-hydroxylation sites is 1. The van der Waals surface area contributed by atoms with E-state index in [-0.39, 0.29) is 5.91 Å². The van der Waals surface area contributed by atoms with Crippen molar-refractivity contribution in [3.8, 4) is 0 Å². The van der Waals surface area contributed by atoms with E-state index >= 15 is 0 Å². The number of rotatable bonds is 1. The molecule has 1 aromatic heterocycles. The summed E-state index contributed by atoms with van der Waals surface area (Å²) in [6, 6.07) is 9.40. The molecular formula is C11H11N3O. The summed E-state index contributed by atoms with van der Waals surface area (Å²) in [6.07, 6.45) is 0. The summed E-state index contributed by atoms with van der Waals surface area (Å²) in [6.45, 7) is 1.94. The van der Waals surface area contributed by atoms with Gasteiger partial charge in [-0.25, -0.2) is 10.8 Å². The molecule has 2 rings (SSSR count). The van der Waals surface area contributed by atoms with Crippen LogP contribution in [0, 0.1) is 6.92 Å². The SMILES string of the molecule is Cc1cc(C(=O)NN)nc2ccccc12. The van der Waals surface area contributed by atoms with Crippen LogP contribution < -0.4 is 11.3 Å². The molecule has 0 aliphatic rings. The van der Waals surface area contributed by atoms with Gasteiger partial charge in [0.1, 0.15) is 5.69 Å². The molecule has 0 spiro atoms. The Hall–Kier alpha value is -1.94. The third kappa shape index (κ3) is 1.67. The number of nitrogens with zero attached hydrogens (tertiary/aromatic N) is 1. The molecule has 0 aliphatic heterocycles. The molecule has 0 saturated heterocycles. The van der Waals surface area contributed by atoms with E-state index in [1.807, 2.05) is 31.2 Å². The maximum absolute atomic E-state index is 11.3. The molecule has 4 nitrogen and oxygen atoms in total. The Morgan fingerprint density at radius 3 is 2.87 bits per heavy atom. The van der Waals surface area contributed by atoms with Crippen molar-refractivity contribution in [2.75, 3.05) is 0 Å². The number of nitrogens with one attached hydrogen (secondary N) is 1. The monoisotopic (exact) mass is 201 g/mol. The minimum atomic E-state index is -0.371. The van der Waals surface area contributed by atoms with Crippen molar-refractivity contribution in [1.82, 2.24) is 10.4 Å². The molecule has 0 saturated carbocycles. The molecule has 4 heteroatoms. The number of hydrogen-bond donors (Lipinski definition) is 2. The van der Waals surface area contributed by atoms with Crippen LogP contribution in [-0.4, -0.2) is 10.9 Å². The molecule has 1 amide bonds. The van der Waals surface area contributed by atoms with Gasteiger partial charge in [-0.15, -0.1) is 0 Å². The molecule has 0 aliphatic carbocycles. The lowest BCUT2D eigenvalue weighted by Gasteiger charge is -2.04. The fourth-order valence-electron chi connectivity index (χ4n) is 1.54. The Morgan fingerprint density at radius 1 is 1.40 bits per heavy atom. The van der Waals surface area contributed by atoms with Gasteiger partial charge in [-0.2, -0.15) is 0 Å². The summed E-state index contributed by atoms with van der Waals surface area (Å²) < 4.78 is 0. The van der Waals surface area contributed by atoms with E-state index in [2.05, 4.69) is 10.4 Å². The van der Waals surface area contributed by atoms with Crippen molar-refractivity contribution in [1.29, 1.82) is 0 Å². The van der Waals surface area contributed by atoms with E-state index in [1.54, 1.807) is 6.07 Å². The minimum Gasteiger partial charge on any atom is -0.289 e. The third-order valence-corrected chi connectivity index (χ3v) is 2.29. The average molecular weight is 201 g/mol. The highest BCUT2D eigenvalue weighted by Gasteiger charge is 2.07. The lowest BCUT2D eigenvalue weighted by Crippen LogP contribution is -2.30. The molecule has 0 radical (unpaired) electrons. The Balaban J connectivity index is 2.67. The Kier molecular flexibility index (Phi) is 2.35. The van der Waals surface area contributed by atoms with Crippen molar-refractivity contribution >= 4 is 16.8 Å². The number of hydrazine groups is 1. The zero-order valence-corrected chi connectivity index (χ0v) is 8.32. The van der Waals surface area contributed by atoms with Gasteiger partial charge in [0.2, 0.25) is 0 Å². The first-order chi connectivity index (χ1) is 7.22. The topological polar surface area (TPSA) is 68.0 Å². The number of carbonyl (C=O) groups is 1. The fourth-order valence-corrected chi connectivity index (χ4v) is 1.54. The first-order valence-corrected chi connectivity index (χ1v) is 4.59. The first kappa shape index (κ1) is 9.61. The molecule has 1 heterocycles. The van der Waals surface area contributed by atoms with Gasteiger partial charge in [-0.1, -0.05) is 18.2 Å².